The van der Waals surface area contributed by atoms with Crippen molar-refractivity contribution >= 4 is 28.9 Å². The van der Waals surface area contributed by atoms with Crippen molar-refractivity contribution in [3.8, 4) is 0 Å². The zero-order valence-corrected chi connectivity index (χ0v) is 8.48. The molecule has 1 aromatic rings. The van der Waals surface area contributed by atoms with Gasteiger partial charge in [-0.2, -0.15) is 4.98 Å². The van der Waals surface area contributed by atoms with Crippen LogP contribution in [0.4, 0.5) is 11.5 Å². The maximum Gasteiger partial charge on any atom is 0.329 e. The number of rotatable bonds is 4. The maximum absolute atomic E-state index is 10.7. The molecule has 0 aliphatic carbocycles. The summed E-state index contributed by atoms with van der Waals surface area (Å²) in [4.78, 5) is 27.6. The van der Waals surface area contributed by atoms with E-state index in [1.54, 1.807) is 0 Å². The third-order valence-corrected chi connectivity index (χ3v) is 1.62. The van der Waals surface area contributed by atoms with Crippen molar-refractivity contribution in [3.05, 3.63) is 21.6 Å². The molecule has 1 N–H and O–H groups in total. The highest BCUT2D eigenvalue weighted by atomic mass is 35.5. The van der Waals surface area contributed by atoms with Crippen LogP contribution < -0.4 is 5.32 Å². The lowest BCUT2D eigenvalue weighted by molar-refractivity contribution is -0.384. The van der Waals surface area contributed by atoms with Gasteiger partial charge < -0.3 is 5.32 Å². The number of anilines is 1. The predicted octanol–water partition coefficient (Wildman–Crippen LogP) is 1.04. The summed E-state index contributed by atoms with van der Waals surface area (Å²) in [5.74, 6) is -0.228. The van der Waals surface area contributed by atoms with Crippen LogP contribution >= 0.6 is 11.6 Å². The van der Waals surface area contributed by atoms with Crippen molar-refractivity contribution in [2.75, 3.05) is 11.9 Å². The molecule has 80 valence electrons. The van der Waals surface area contributed by atoms with E-state index in [4.69, 9.17) is 11.6 Å². The summed E-state index contributed by atoms with van der Waals surface area (Å²) >= 11 is 5.47. The molecule has 0 saturated heterocycles. The Morgan fingerprint density at radius 1 is 1.73 bits per heavy atom. The van der Waals surface area contributed by atoms with Gasteiger partial charge in [0.2, 0.25) is 11.1 Å². The lowest BCUT2D eigenvalue weighted by Gasteiger charge is -2.03. The average Bonchev–Trinajstić information content (AvgIpc) is 2.14. The van der Waals surface area contributed by atoms with Crippen molar-refractivity contribution in [1.82, 2.24) is 9.97 Å². The number of ketones is 1. The Labute approximate surface area is 89.6 Å². The van der Waals surface area contributed by atoms with Gasteiger partial charge in [-0.15, -0.1) is 0 Å². The molecule has 0 spiro atoms. The molecule has 1 rings (SSSR count). The highest BCUT2D eigenvalue weighted by molar-refractivity contribution is 6.28. The Morgan fingerprint density at radius 2 is 2.40 bits per heavy atom. The normalized spacial score (nSPS) is 9.73. The van der Waals surface area contributed by atoms with Crippen LogP contribution in [0.15, 0.2) is 6.20 Å². The molecule has 0 radical (unpaired) electrons. The van der Waals surface area contributed by atoms with Crippen LogP contribution in [0.2, 0.25) is 5.28 Å². The molecule has 0 fully saturated rings. The molecule has 0 unspecified atom stereocenters. The van der Waals surface area contributed by atoms with E-state index in [0.29, 0.717) is 0 Å². The van der Waals surface area contributed by atoms with Crippen molar-refractivity contribution in [2.24, 2.45) is 0 Å². The molecule has 8 heteroatoms. The SMILES string of the molecule is CC(=O)CNc1nc(Cl)ncc1[N+](=O)[O-]. The van der Waals surface area contributed by atoms with Gasteiger partial charge >= 0.3 is 5.69 Å². The zero-order chi connectivity index (χ0) is 11.4. The smallest absolute Gasteiger partial charge is 0.329 e. The summed E-state index contributed by atoms with van der Waals surface area (Å²) in [7, 11) is 0. The van der Waals surface area contributed by atoms with Crippen LogP contribution in [0.5, 0.6) is 0 Å². The van der Waals surface area contributed by atoms with Gasteiger partial charge in [-0.3, -0.25) is 14.9 Å². The van der Waals surface area contributed by atoms with E-state index >= 15 is 0 Å². The van der Waals surface area contributed by atoms with E-state index in [1.165, 1.54) is 6.92 Å². The Morgan fingerprint density at radius 3 is 2.93 bits per heavy atom. The van der Waals surface area contributed by atoms with E-state index < -0.39 is 4.92 Å². The van der Waals surface area contributed by atoms with Crippen LogP contribution in [-0.4, -0.2) is 27.2 Å². The van der Waals surface area contributed by atoms with Crippen LogP contribution in [0.25, 0.3) is 0 Å². The molecule has 0 bridgehead atoms. The Hall–Kier alpha value is -1.76. The first kappa shape index (κ1) is 11.3. The van der Waals surface area contributed by atoms with Gasteiger partial charge in [-0.25, -0.2) is 4.98 Å². The minimum absolute atomic E-state index is 0.0474. The first-order valence-electron chi connectivity index (χ1n) is 3.91. The Kier molecular flexibility index (Phi) is 3.51. The summed E-state index contributed by atoms with van der Waals surface area (Å²) in [6, 6.07) is 0. The number of halogens is 1. The molecule has 1 heterocycles. The molecule has 0 amide bonds. The molecule has 0 saturated carbocycles. The van der Waals surface area contributed by atoms with Crippen LogP contribution in [0, 0.1) is 10.1 Å². The van der Waals surface area contributed by atoms with Crippen LogP contribution in [-0.2, 0) is 4.79 Å². The number of nitro groups is 1. The van der Waals surface area contributed by atoms with Gasteiger partial charge in [-0.1, -0.05) is 0 Å². The monoisotopic (exact) mass is 230 g/mol. The third kappa shape index (κ3) is 3.13. The Bertz CT molecular complexity index is 409. The molecule has 0 aromatic carbocycles. The highest BCUT2D eigenvalue weighted by Crippen LogP contribution is 2.21. The largest absolute Gasteiger partial charge is 0.357 e. The number of aromatic nitrogens is 2. The second-order valence-corrected chi connectivity index (χ2v) is 3.02. The predicted molar refractivity (Wildman–Crippen MR) is 52.9 cm³/mol. The quantitative estimate of drug-likeness (QED) is 0.471. The van der Waals surface area contributed by atoms with Gasteiger partial charge in [0.1, 0.15) is 12.0 Å². The summed E-state index contributed by atoms with van der Waals surface area (Å²) in [5.41, 5.74) is -0.319. The molecule has 1 aromatic heterocycles. The number of carbonyl (C=O) groups is 1. The fourth-order valence-corrected chi connectivity index (χ4v) is 0.959. The highest BCUT2D eigenvalue weighted by Gasteiger charge is 2.16. The second kappa shape index (κ2) is 4.65. The molecular weight excluding hydrogens is 224 g/mol. The van der Waals surface area contributed by atoms with E-state index in [1.807, 2.05) is 0 Å². The molecule has 15 heavy (non-hydrogen) atoms. The molecular formula is C7H7ClN4O3. The van der Waals surface area contributed by atoms with Gasteiger partial charge in [0.25, 0.3) is 0 Å². The third-order valence-electron chi connectivity index (χ3n) is 1.44. The van der Waals surface area contributed by atoms with Gasteiger partial charge in [0, 0.05) is 0 Å². The fourth-order valence-electron chi connectivity index (χ4n) is 0.826. The second-order valence-electron chi connectivity index (χ2n) is 2.69. The minimum atomic E-state index is -0.654. The van der Waals surface area contributed by atoms with Gasteiger partial charge in [0.15, 0.2) is 0 Å². The molecule has 0 aliphatic heterocycles. The molecule has 0 aliphatic rings. The number of carbonyl (C=O) groups excluding carboxylic acids is 1. The van der Waals surface area contributed by atoms with E-state index in [2.05, 4.69) is 15.3 Å². The van der Waals surface area contributed by atoms with Gasteiger partial charge in [0.05, 0.1) is 11.5 Å². The lowest BCUT2D eigenvalue weighted by atomic mass is 10.4. The number of Topliss-reactive ketones (excluding diaryl/α,β-unsaturated/α-hetero) is 1. The fraction of sp³-hybridized carbons (Fsp3) is 0.286. The Balaban J connectivity index is 2.96. The standard InChI is InChI=1S/C7H7ClN4O3/c1-4(13)2-9-6-5(12(14)15)3-10-7(8)11-6/h3H,2H2,1H3,(H,9,10,11). The van der Waals surface area contributed by atoms with Crippen LogP contribution in [0.3, 0.4) is 0 Å². The van der Waals surface area contributed by atoms with Crippen molar-refractivity contribution < 1.29 is 9.72 Å². The first-order chi connectivity index (χ1) is 7.00. The summed E-state index contributed by atoms with van der Waals surface area (Å²) in [6.45, 7) is 1.30. The number of hydrogen-bond donors (Lipinski definition) is 1. The number of nitrogens with zero attached hydrogens (tertiary/aromatic N) is 3. The van der Waals surface area contributed by atoms with Crippen molar-refractivity contribution in [3.63, 3.8) is 0 Å². The average molecular weight is 231 g/mol. The van der Waals surface area contributed by atoms with Crippen molar-refractivity contribution in [2.45, 2.75) is 6.92 Å². The number of nitrogens with one attached hydrogen (secondary N) is 1. The van der Waals surface area contributed by atoms with E-state index in [0.717, 1.165) is 6.20 Å². The number of hydrogen-bond acceptors (Lipinski definition) is 6. The minimum Gasteiger partial charge on any atom is -0.357 e. The van der Waals surface area contributed by atoms with Gasteiger partial charge in [-0.05, 0) is 18.5 Å². The maximum atomic E-state index is 10.7. The zero-order valence-electron chi connectivity index (χ0n) is 7.73. The lowest BCUT2D eigenvalue weighted by Crippen LogP contribution is -2.12. The van der Waals surface area contributed by atoms with E-state index in [-0.39, 0.29) is 29.1 Å². The van der Waals surface area contributed by atoms with Crippen molar-refractivity contribution in [1.29, 1.82) is 0 Å². The summed E-state index contributed by atoms with van der Waals surface area (Å²) in [5, 5.41) is 12.9. The topological polar surface area (TPSA) is 98.0 Å². The summed E-state index contributed by atoms with van der Waals surface area (Å²) in [6.07, 6.45) is 0.984. The first-order valence-corrected chi connectivity index (χ1v) is 4.28. The molecule has 7 nitrogen and oxygen atoms in total. The van der Waals surface area contributed by atoms with E-state index in [9.17, 15) is 14.9 Å². The van der Waals surface area contributed by atoms with Crippen LogP contribution in [0.1, 0.15) is 6.92 Å². The molecule has 0 atom stereocenters. The summed E-state index contributed by atoms with van der Waals surface area (Å²) < 4.78 is 0.